The molecular weight excluding hydrogens is 1290 g/mol. The molecule has 0 spiro atoms. The lowest BCUT2D eigenvalue weighted by atomic mass is 9.97. The van der Waals surface area contributed by atoms with E-state index in [2.05, 4.69) is 382 Å². The van der Waals surface area contributed by atoms with Gasteiger partial charge >= 0.3 is 0 Å². The lowest BCUT2D eigenvalue weighted by Gasteiger charge is -2.12. The molecule has 6 aromatic heterocycles. The van der Waals surface area contributed by atoms with Crippen LogP contribution in [0.3, 0.4) is 0 Å². The number of nitrogens with zero attached hydrogens (tertiary/aromatic N) is 10. The number of aromatic nitrogens is 10. The van der Waals surface area contributed by atoms with Crippen LogP contribution in [-0.4, -0.2) is 48.2 Å². The summed E-state index contributed by atoms with van der Waals surface area (Å²) in [5, 5.41) is 9.73. The van der Waals surface area contributed by atoms with E-state index in [1.165, 1.54) is 43.1 Å². The highest BCUT2D eigenvalue weighted by Crippen LogP contribution is 2.40. The maximum Gasteiger partial charge on any atom is 0.164 e. The van der Waals surface area contributed by atoms with Gasteiger partial charge in [0.2, 0.25) is 0 Å². The average Bonchev–Trinajstić information content (AvgIpc) is 1.62. The molecule has 0 unspecified atom stereocenters. The van der Waals surface area contributed by atoms with Crippen LogP contribution in [-0.2, 0) is 0 Å². The summed E-state index contributed by atoms with van der Waals surface area (Å²) in [6, 6.07) is 129. The average molecular weight is 1350 g/mol. The minimum Gasteiger partial charge on any atom is -0.309 e. The van der Waals surface area contributed by atoms with Crippen LogP contribution in [0.4, 0.5) is 0 Å². The first-order valence-corrected chi connectivity index (χ1v) is 35.7. The van der Waals surface area contributed by atoms with Crippen molar-refractivity contribution in [2.24, 2.45) is 0 Å². The standard InChI is InChI=1S/C96H60N10/c1-9-31-83-75(23-1)76-24-2-10-32-84(76)103(83)71-51-43-63(44-52-71)92-97-91(98-93(99-92)64-45-53-72(54-46-64)104-85-33-11-3-25-77(85)78-26-4-12-34-86(78)104)62-41-39-61(40-42-62)67-19-17-20-68(59-67)69-21-18-22-70(60-69)96-101-94(65-47-55-73(56-48-65)105-87-35-13-5-27-79(87)80-28-6-14-36-88(80)105)100-95(102-96)66-49-57-74(58-50-66)106-89-37-15-7-29-81(89)82-30-8-16-38-90(82)106/h1-60H. The van der Waals surface area contributed by atoms with Crippen LogP contribution in [0.1, 0.15) is 0 Å². The summed E-state index contributed by atoms with van der Waals surface area (Å²) in [5.74, 6) is 3.47. The van der Waals surface area contributed by atoms with Crippen LogP contribution < -0.4 is 0 Å². The summed E-state index contributed by atoms with van der Waals surface area (Å²) >= 11 is 0. The predicted molar refractivity (Wildman–Crippen MR) is 434 cm³/mol. The number of hydrogen-bond acceptors (Lipinski definition) is 6. The molecule has 0 aliphatic rings. The first-order valence-electron chi connectivity index (χ1n) is 35.7. The molecule has 0 radical (unpaired) electrons. The van der Waals surface area contributed by atoms with Crippen molar-refractivity contribution in [1.29, 1.82) is 0 Å². The van der Waals surface area contributed by atoms with E-state index in [0.29, 0.717) is 34.9 Å². The summed E-state index contributed by atoms with van der Waals surface area (Å²) in [6.45, 7) is 0. The van der Waals surface area contributed by atoms with Gasteiger partial charge in [-0.2, -0.15) is 0 Å². The van der Waals surface area contributed by atoms with Crippen molar-refractivity contribution >= 4 is 87.2 Å². The van der Waals surface area contributed by atoms with E-state index in [0.717, 1.165) is 123 Å². The molecule has 10 nitrogen and oxygen atoms in total. The number of rotatable bonds is 12. The molecule has 0 fully saturated rings. The van der Waals surface area contributed by atoms with Crippen LogP contribution in [0.15, 0.2) is 364 Å². The Hall–Kier alpha value is -14.5. The van der Waals surface area contributed by atoms with Crippen molar-refractivity contribution in [1.82, 2.24) is 48.2 Å². The molecule has 6 heterocycles. The summed E-state index contributed by atoms with van der Waals surface area (Å²) in [4.78, 5) is 31.7. The zero-order valence-electron chi connectivity index (χ0n) is 57.1. The van der Waals surface area contributed by atoms with E-state index in [1.807, 2.05) is 0 Å². The van der Waals surface area contributed by atoms with Crippen LogP contribution in [0.5, 0.6) is 0 Å². The lowest BCUT2D eigenvalue weighted by Crippen LogP contribution is -2.01. The third-order valence-corrected chi connectivity index (χ3v) is 20.9. The van der Waals surface area contributed by atoms with Crippen molar-refractivity contribution in [2.45, 2.75) is 0 Å². The van der Waals surface area contributed by atoms with Gasteiger partial charge in [-0.15, -0.1) is 0 Å². The van der Waals surface area contributed by atoms with Crippen molar-refractivity contribution in [2.75, 3.05) is 0 Å². The third-order valence-electron chi connectivity index (χ3n) is 20.9. The highest BCUT2D eigenvalue weighted by molar-refractivity contribution is 6.12. The molecule has 21 aromatic rings. The number of hydrogen-bond donors (Lipinski definition) is 0. The van der Waals surface area contributed by atoms with Crippen LogP contribution >= 0.6 is 0 Å². The largest absolute Gasteiger partial charge is 0.309 e. The SMILES string of the molecule is c1cc(-c2ccc(-c3nc(-c4ccc(-n5c6ccccc6c6ccccc65)cc4)nc(-c4ccc(-n5c6ccccc6c6ccccc65)cc4)n3)cc2)cc(-c2cccc(-c3nc(-c4ccc(-n5c6ccccc6c6ccccc65)cc4)nc(-c4ccc(-n5c6ccccc6c6ccccc65)cc4)n3)c2)c1. The Bertz CT molecular complexity index is 6480. The van der Waals surface area contributed by atoms with E-state index in [4.69, 9.17) is 29.9 Å². The summed E-state index contributed by atoms with van der Waals surface area (Å²) in [6.07, 6.45) is 0. The molecule has 0 saturated heterocycles. The molecule has 494 valence electrons. The van der Waals surface area contributed by atoms with Gasteiger partial charge in [-0.1, -0.05) is 206 Å². The Labute approximate surface area is 609 Å². The zero-order valence-corrected chi connectivity index (χ0v) is 57.1. The maximum absolute atomic E-state index is 5.31. The van der Waals surface area contributed by atoms with Crippen molar-refractivity contribution in [3.63, 3.8) is 0 Å². The van der Waals surface area contributed by atoms with Gasteiger partial charge in [0.05, 0.1) is 44.1 Å². The summed E-state index contributed by atoms with van der Waals surface area (Å²) in [7, 11) is 0. The second kappa shape index (κ2) is 24.7. The minimum absolute atomic E-state index is 0.573. The molecule has 0 N–H and O–H groups in total. The van der Waals surface area contributed by atoms with Crippen molar-refractivity contribution < 1.29 is 0 Å². The monoisotopic (exact) mass is 1350 g/mol. The highest BCUT2D eigenvalue weighted by Gasteiger charge is 2.21. The zero-order chi connectivity index (χ0) is 69.8. The molecule has 0 aliphatic carbocycles. The van der Waals surface area contributed by atoms with E-state index in [9.17, 15) is 0 Å². The summed E-state index contributed by atoms with van der Waals surface area (Å²) < 4.78 is 9.32. The maximum atomic E-state index is 5.31. The Kier molecular flexibility index (Phi) is 14.0. The number of para-hydroxylation sites is 8. The molecule has 10 heteroatoms. The Morgan fingerprint density at radius 3 is 0.538 bits per heavy atom. The van der Waals surface area contributed by atoms with Gasteiger partial charge in [0, 0.05) is 99.2 Å². The Morgan fingerprint density at radius 1 is 0.132 bits per heavy atom. The van der Waals surface area contributed by atoms with E-state index < -0.39 is 0 Å². The number of fused-ring (bicyclic) bond motifs is 12. The van der Waals surface area contributed by atoms with Gasteiger partial charge in [0.15, 0.2) is 34.9 Å². The molecule has 21 rings (SSSR count). The van der Waals surface area contributed by atoms with Crippen LogP contribution in [0, 0.1) is 0 Å². The van der Waals surface area contributed by atoms with Gasteiger partial charge in [-0.3, -0.25) is 0 Å². The normalized spacial score (nSPS) is 11.8. The fraction of sp³-hybridized carbons (Fsp3) is 0. The second-order valence-corrected chi connectivity index (χ2v) is 27.0. The molecule has 15 aromatic carbocycles. The molecule has 0 aliphatic heterocycles. The quantitative estimate of drug-likeness (QED) is 0.121. The molecule has 0 saturated carbocycles. The first-order chi connectivity index (χ1) is 52.5. The molecule has 106 heavy (non-hydrogen) atoms. The topological polar surface area (TPSA) is 97.1 Å². The van der Waals surface area contributed by atoms with Crippen molar-refractivity contribution in [3.8, 4) is 113 Å². The highest BCUT2D eigenvalue weighted by atomic mass is 15.1. The van der Waals surface area contributed by atoms with Gasteiger partial charge in [0.25, 0.3) is 0 Å². The predicted octanol–water partition coefficient (Wildman–Crippen LogP) is 23.8. The molecule has 0 amide bonds. The van der Waals surface area contributed by atoms with E-state index in [1.54, 1.807) is 0 Å². The second-order valence-electron chi connectivity index (χ2n) is 27.0. The van der Waals surface area contributed by atoms with Crippen LogP contribution in [0.2, 0.25) is 0 Å². The Balaban J connectivity index is 0.622. The van der Waals surface area contributed by atoms with Gasteiger partial charge in [0.1, 0.15) is 0 Å². The molecule has 0 atom stereocenters. The number of benzene rings is 15. The fourth-order valence-corrected chi connectivity index (χ4v) is 15.9. The van der Waals surface area contributed by atoms with Gasteiger partial charge in [-0.25, -0.2) is 29.9 Å². The lowest BCUT2D eigenvalue weighted by molar-refractivity contribution is 1.07. The summed E-state index contributed by atoms with van der Waals surface area (Å²) in [5.41, 5.74) is 22.9. The van der Waals surface area contributed by atoms with Gasteiger partial charge < -0.3 is 18.3 Å². The fourth-order valence-electron chi connectivity index (χ4n) is 15.9. The molecule has 0 bridgehead atoms. The van der Waals surface area contributed by atoms with E-state index in [-0.39, 0.29) is 0 Å². The van der Waals surface area contributed by atoms with Crippen LogP contribution in [0.25, 0.3) is 201 Å². The third kappa shape index (κ3) is 10.1. The van der Waals surface area contributed by atoms with Gasteiger partial charge in [-0.05, 0) is 180 Å². The van der Waals surface area contributed by atoms with Crippen molar-refractivity contribution in [3.05, 3.63) is 364 Å². The smallest absolute Gasteiger partial charge is 0.164 e. The Morgan fingerprint density at radius 2 is 0.302 bits per heavy atom. The van der Waals surface area contributed by atoms with E-state index >= 15 is 0 Å². The first kappa shape index (κ1) is 60.3. The molecular formula is C96H60N10. The minimum atomic E-state index is 0.573.